The zero-order valence-electron chi connectivity index (χ0n) is 9.92. The summed E-state index contributed by atoms with van der Waals surface area (Å²) in [5.41, 5.74) is 1.06. The highest BCUT2D eigenvalue weighted by molar-refractivity contribution is 7.99. The maximum atomic E-state index is 12.6. The van der Waals surface area contributed by atoms with Gasteiger partial charge in [-0.15, -0.1) is 11.8 Å². The van der Waals surface area contributed by atoms with Crippen molar-refractivity contribution in [1.29, 1.82) is 0 Å². The zero-order chi connectivity index (χ0) is 13.6. The number of hydrogen-bond acceptors (Lipinski definition) is 5. The van der Waals surface area contributed by atoms with E-state index in [1.807, 2.05) is 5.43 Å². The highest BCUT2D eigenvalue weighted by atomic mass is 32.2. The SMILES string of the molecule is CCCCCSc1cc(C(F)(F)F)nc(NN)n1. The number of anilines is 1. The number of nitrogens with zero attached hydrogens (tertiary/aromatic N) is 2. The molecule has 18 heavy (non-hydrogen) atoms. The fourth-order valence-electron chi connectivity index (χ4n) is 1.24. The van der Waals surface area contributed by atoms with Crippen LogP contribution in [-0.4, -0.2) is 15.7 Å². The summed E-state index contributed by atoms with van der Waals surface area (Å²) in [4.78, 5) is 7.16. The van der Waals surface area contributed by atoms with E-state index in [0.29, 0.717) is 0 Å². The molecular weight excluding hydrogens is 265 g/mol. The van der Waals surface area contributed by atoms with E-state index in [2.05, 4.69) is 16.9 Å². The molecule has 102 valence electrons. The molecule has 0 unspecified atom stereocenters. The molecule has 3 N–H and O–H groups in total. The van der Waals surface area contributed by atoms with E-state index >= 15 is 0 Å². The zero-order valence-corrected chi connectivity index (χ0v) is 10.7. The number of hydrogen-bond donors (Lipinski definition) is 2. The van der Waals surface area contributed by atoms with E-state index < -0.39 is 11.9 Å². The second-order valence-corrected chi connectivity index (χ2v) is 4.73. The van der Waals surface area contributed by atoms with Crippen molar-refractivity contribution in [3.63, 3.8) is 0 Å². The fraction of sp³-hybridized carbons (Fsp3) is 0.600. The predicted octanol–water partition coefficient (Wildman–Crippen LogP) is 3.06. The van der Waals surface area contributed by atoms with Gasteiger partial charge in [0.2, 0.25) is 5.95 Å². The van der Waals surface area contributed by atoms with Crippen molar-refractivity contribution in [3.05, 3.63) is 11.8 Å². The van der Waals surface area contributed by atoms with Crippen molar-refractivity contribution >= 4 is 17.7 Å². The Kier molecular flexibility index (Phi) is 5.67. The van der Waals surface area contributed by atoms with E-state index in [1.165, 1.54) is 11.8 Å². The lowest BCUT2D eigenvalue weighted by Crippen LogP contribution is -2.15. The van der Waals surface area contributed by atoms with Gasteiger partial charge < -0.3 is 0 Å². The Bertz CT molecular complexity index is 384. The Labute approximate surface area is 108 Å². The second-order valence-electron chi connectivity index (χ2n) is 3.61. The van der Waals surface area contributed by atoms with Gasteiger partial charge in [0.15, 0.2) is 5.69 Å². The molecule has 0 aliphatic carbocycles. The van der Waals surface area contributed by atoms with Crippen LogP contribution in [0.15, 0.2) is 11.1 Å². The van der Waals surface area contributed by atoms with Crippen LogP contribution in [0.25, 0.3) is 0 Å². The molecule has 0 aliphatic heterocycles. The summed E-state index contributed by atoms with van der Waals surface area (Å²) in [5, 5.41) is 0.279. The van der Waals surface area contributed by atoms with Gasteiger partial charge in [-0.05, 0) is 12.2 Å². The third-order valence-corrected chi connectivity index (χ3v) is 3.12. The maximum absolute atomic E-state index is 12.6. The van der Waals surface area contributed by atoms with E-state index in [9.17, 15) is 13.2 Å². The van der Waals surface area contributed by atoms with Crippen molar-refractivity contribution in [2.45, 2.75) is 37.4 Å². The smallest absolute Gasteiger partial charge is 0.292 e. The lowest BCUT2D eigenvalue weighted by Gasteiger charge is -2.09. The maximum Gasteiger partial charge on any atom is 0.433 e. The van der Waals surface area contributed by atoms with Crippen LogP contribution in [0.2, 0.25) is 0 Å². The number of hydrazine groups is 1. The standard InChI is InChI=1S/C10H15F3N4S/c1-2-3-4-5-18-8-6-7(10(11,12)13)15-9(16-8)17-14/h6H,2-5,14H2,1H3,(H,15,16,17). The summed E-state index contributed by atoms with van der Waals surface area (Å²) >= 11 is 1.27. The second kappa shape index (κ2) is 6.79. The van der Waals surface area contributed by atoms with Crippen LogP contribution < -0.4 is 11.3 Å². The van der Waals surface area contributed by atoms with Crippen molar-refractivity contribution in [3.8, 4) is 0 Å². The Morgan fingerprint density at radius 1 is 1.33 bits per heavy atom. The van der Waals surface area contributed by atoms with Gasteiger partial charge in [0.1, 0.15) is 5.03 Å². The first kappa shape index (κ1) is 15.0. The van der Waals surface area contributed by atoms with Crippen molar-refractivity contribution < 1.29 is 13.2 Å². The average molecular weight is 280 g/mol. The van der Waals surface area contributed by atoms with Crippen LogP contribution in [0.4, 0.5) is 19.1 Å². The molecule has 0 spiro atoms. The van der Waals surface area contributed by atoms with E-state index in [0.717, 1.165) is 31.1 Å². The molecule has 0 saturated heterocycles. The van der Waals surface area contributed by atoms with Crippen LogP contribution in [-0.2, 0) is 6.18 Å². The number of nitrogens with one attached hydrogen (secondary N) is 1. The topological polar surface area (TPSA) is 63.8 Å². The molecule has 0 radical (unpaired) electrons. The Morgan fingerprint density at radius 2 is 2.06 bits per heavy atom. The predicted molar refractivity (Wildman–Crippen MR) is 65.1 cm³/mol. The quantitative estimate of drug-likeness (QED) is 0.276. The molecule has 1 aromatic rings. The highest BCUT2D eigenvalue weighted by Gasteiger charge is 2.33. The van der Waals surface area contributed by atoms with Gasteiger partial charge >= 0.3 is 6.18 Å². The van der Waals surface area contributed by atoms with Crippen molar-refractivity contribution in [1.82, 2.24) is 9.97 Å². The molecule has 0 fully saturated rings. The number of thioether (sulfide) groups is 1. The van der Waals surface area contributed by atoms with Crippen LogP contribution in [0.5, 0.6) is 0 Å². The first-order valence-corrected chi connectivity index (χ1v) is 6.51. The van der Waals surface area contributed by atoms with E-state index in [-0.39, 0.29) is 11.0 Å². The monoisotopic (exact) mass is 280 g/mol. The first-order chi connectivity index (χ1) is 8.47. The molecule has 0 aromatic carbocycles. The summed E-state index contributed by atoms with van der Waals surface area (Å²) in [5.74, 6) is 5.56. The summed E-state index contributed by atoms with van der Waals surface area (Å²) in [6.07, 6.45) is -1.44. The molecule has 0 bridgehead atoms. The van der Waals surface area contributed by atoms with Crippen LogP contribution in [0.1, 0.15) is 31.9 Å². The molecule has 4 nitrogen and oxygen atoms in total. The number of rotatable bonds is 6. The van der Waals surface area contributed by atoms with Crippen LogP contribution in [0, 0.1) is 0 Å². The van der Waals surface area contributed by atoms with Gasteiger partial charge in [-0.3, -0.25) is 5.43 Å². The first-order valence-electron chi connectivity index (χ1n) is 5.53. The fourth-order valence-corrected chi connectivity index (χ4v) is 2.14. The van der Waals surface area contributed by atoms with Gasteiger partial charge in [-0.25, -0.2) is 15.8 Å². The minimum Gasteiger partial charge on any atom is -0.292 e. The van der Waals surface area contributed by atoms with Crippen LogP contribution in [0.3, 0.4) is 0 Å². The van der Waals surface area contributed by atoms with E-state index in [1.54, 1.807) is 0 Å². The summed E-state index contributed by atoms with van der Waals surface area (Å²) in [6.45, 7) is 2.06. The number of alkyl halides is 3. The molecule has 0 aliphatic rings. The highest BCUT2D eigenvalue weighted by Crippen LogP contribution is 2.30. The Hall–Kier alpha value is -1.02. The van der Waals surface area contributed by atoms with E-state index in [4.69, 9.17) is 5.84 Å². The van der Waals surface area contributed by atoms with Gasteiger partial charge in [0.25, 0.3) is 0 Å². The van der Waals surface area contributed by atoms with Crippen LogP contribution >= 0.6 is 11.8 Å². The molecule has 1 rings (SSSR count). The molecule has 0 saturated carbocycles. The number of halogens is 3. The summed E-state index contributed by atoms with van der Waals surface area (Å²) < 4.78 is 37.7. The molecule has 1 heterocycles. The van der Waals surface area contributed by atoms with Gasteiger partial charge in [0.05, 0.1) is 0 Å². The normalized spacial score (nSPS) is 11.6. The molecular formula is C10H15F3N4S. The number of aromatic nitrogens is 2. The van der Waals surface area contributed by atoms with Gasteiger partial charge in [-0.1, -0.05) is 19.8 Å². The Balaban J connectivity index is 2.78. The number of unbranched alkanes of at least 4 members (excludes halogenated alkanes) is 2. The van der Waals surface area contributed by atoms with Crippen molar-refractivity contribution in [2.24, 2.45) is 5.84 Å². The minimum absolute atomic E-state index is 0.220. The minimum atomic E-state index is -4.49. The van der Waals surface area contributed by atoms with Gasteiger partial charge in [-0.2, -0.15) is 13.2 Å². The third-order valence-electron chi connectivity index (χ3n) is 2.12. The van der Waals surface area contributed by atoms with Crippen molar-refractivity contribution in [2.75, 3.05) is 11.2 Å². The molecule has 8 heteroatoms. The third kappa shape index (κ3) is 4.69. The lowest BCUT2D eigenvalue weighted by molar-refractivity contribution is -0.141. The number of nitrogens with two attached hydrogens (primary N) is 1. The Morgan fingerprint density at radius 3 is 2.61 bits per heavy atom. The average Bonchev–Trinajstić information content (AvgIpc) is 2.33. The molecule has 1 aromatic heterocycles. The van der Waals surface area contributed by atoms with Gasteiger partial charge in [0, 0.05) is 6.07 Å². The summed E-state index contributed by atoms with van der Waals surface area (Å²) in [7, 11) is 0. The number of nitrogen functional groups attached to an aromatic ring is 1. The lowest BCUT2D eigenvalue weighted by atomic mass is 10.3. The molecule has 0 amide bonds. The summed E-state index contributed by atoms with van der Waals surface area (Å²) in [6, 6.07) is 0.942. The molecule has 0 atom stereocenters. The largest absolute Gasteiger partial charge is 0.433 e.